The highest BCUT2D eigenvalue weighted by atomic mass is 31.1. The standard InChI is InChI=1S/C8H17N2O5P/c1-5(9-11)7(3)14-16(13)15-8(4)6(2)10-12/h7-8,11-12,16H,1-4H3. The van der Waals surface area contributed by atoms with Gasteiger partial charge in [-0.1, -0.05) is 10.3 Å². The lowest BCUT2D eigenvalue weighted by atomic mass is 10.3. The topological polar surface area (TPSA) is 101 Å². The predicted octanol–water partition coefficient (Wildman–Crippen LogP) is 1.89. The van der Waals surface area contributed by atoms with Crippen molar-refractivity contribution in [2.24, 2.45) is 10.3 Å². The molecule has 7 nitrogen and oxygen atoms in total. The van der Waals surface area contributed by atoms with E-state index in [0.29, 0.717) is 11.4 Å². The van der Waals surface area contributed by atoms with Crippen LogP contribution in [0.1, 0.15) is 27.7 Å². The fraction of sp³-hybridized carbons (Fsp3) is 0.750. The zero-order chi connectivity index (χ0) is 12.7. The van der Waals surface area contributed by atoms with Gasteiger partial charge in [-0.2, -0.15) is 0 Å². The lowest BCUT2D eigenvalue weighted by Crippen LogP contribution is -2.18. The van der Waals surface area contributed by atoms with Crippen LogP contribution in [0.3, 0.4) is 0 Å². The van der Waals surface area contributed by atoms with Crippen molar-refractivity contribution < 1.29 is 24.0 Å². The second-order valence-electron chi connectivity index (χ2n) is 3.25. The lowest BCUT2D eigenvalue weighted by molar-refractivity contribution is 0.192. The second kappa shape index (κ2) is 7.38. The van der Waals surface area contributed by atoms with Gasteiger partial charge in [0.05, 0.1) is 11.4 Å². The molecule has 0 spiro atoms. The van der Waals surface area contributed by atoms with Crippen LogP contribution in [0, 0.1) is 0 Å². The SMILES string of the molecule is CC(=NO)C(C)O[PH](=O)OC(C)C(C)=NO. The van der Waals surface area contributed by atoms with E-state index in [2.05, 4.69) is 10.3 Å². The van der Waals surface area contributed by atoms with Crippen LogP contribution in [0.25, 0.3) is 0 Å². The van der Waals surface area contributed by atoms with Gasteiger partial charge in [-0.15, -0.1) is 0 Å². The highest BCUT2D eigenvalue weighted by Crippen LogP contribution is 2.28. The monoisotopic (exact) mass is 252 g/mol. The van der Waals surface area contributed by atoms with Crippen LogP contribution in [0.15, 0.2) is 10.3 Å². The first-order valence-electron chi connectivity index (χ1n) is 4.66. The summed E-state index contributed by atoms with van der Waals surface area (Å²) in [7, 11) is -2.73. The summed E-state index contributed by atoms with van der Waals surface area (Å²) < 4.78 is 21.3. The van der Waals surface area contributed by atoms with Gasteiger partial charge in [-0.3, -0.25) is 4.57 Å². The number of hydrogen-bond donors (Lipinski definition) is 2. The summed E-state index contributed by atoms with van der Waals surface area (Å²) in [6.07, 6.45) is -1.20. The fourth-order valence-electron chi connectivity index (χ4n) is 0.650. The van der Waals surface area contributed by atoms with E-state index >= 15 is 0 Å². The molecule has 0 saturated heterocycles. The quantitative estimate of drug-likeness (QED) is 0.325. The van der Waals surface area contributed by atoms with Gasteiger partial charge >= 0.3 is 8.25 Å². The Balaban J connectivity index is 4.19. The van der Waals surface area contributed by atoms with Crippen LogP contribution in [-0.2, 0) is 13.6 Å². The minimum Gasteiger partial charge on any atom is -0.411 e. The fourth-order valence-corrected chi connectivity index (χ4v) is 1.62. The van der Waals surface area contributed by atoms with E-state index in [0.717, 1.165) is 0 Å². The molecular weight excluding hydrogens is 235 g/mol. The van der Waals surface area contributed by atoms with Gasteiger partial charge in [0.2, 0.25) is 0 Å². The van der Waals surface area contributed by atoms with E-state index in [9.17, 15) is 4.57 Å². The third-order valence-electron chi connectivity index (χ3n) is 2.04. The van der Waals surface area contributed by atoms with Crippen molar-refractivity contribution in [3.63, 3.8) is 0 Å². The van der Waals surface area contributed by atoms with Crippen LogP contribution in [0.4, 0.5) is 0 Å². The third kappa shape index (κ3) is 5.25. The van der Waals surface area contributed by atoms with Crippen molar-refractivity contribution in [3.8, 4) is 0 Å². The van der Waals surface area contributed by atoms with Crippen molar-refractivity contribution >= 4 is 19.7 Å². The average molecular weight is 252 g/mol. The largest absolute Gasteiger partial charge is 0.411 e. The number of nitrogens with zero attached hydrogens (tertiary/aromatic N) is 2. The Bertz CT molecular complexity index is 277. The molecule has 0 aromatic carbocycles. The molecule has 0 amide bonds. The van der Waals surface area contributed by atoms with Crippen LogP contribution in [-0.4, -0.2) is 34.0 Å². The molecule has 0 saturated carbocycles. The summed E-state index contributed by atoms with van der Waals surface area (Å²) >= 11 is 0. The van der Waals surface area contributed by atoms with Gasteiger partial charge in [0.25, 0.3) is 0 Å². The Hall–Kier alpha value is -0.910. The molecule has 94 valence electrons. The smallest absolute Gasteiger partial charge is 0.320 e. The summed E-state index contributed by atoms with van der Waals surface area (Å²) in [6.45, 7) is 6.23. The zero-order valence-electron chi connectivity index (χ0n) is 9.67. The van der Waals surface area contributed by atoms with Crippen molar-refractivity contribution in [3.05, 3.63) is 0 Å². The average Bonchev–Trinajstić information content (AvgIpc) is 2.26. The Morgan fingerprint density at radius 2 is 1.38 bits per heavy atom. The zero-order valence-corrected chi connectivity index (χ0v) is 10.7. The lowest BCUT2D eigenvalue weighted by Gasteiger charge is -2.14. The molecular formula is C8H17N2O5P. The minimum atomic E-state index is -2.73. The Labute approximate surface area is 94.7 Å². The van der Waals surface area contributed by atoms with Gasteiger partial charge in [0.1, 0.15) is 12.2 Å². The van der Waals surface area contributed by atoms with Gasteiger partial charge in [-0.25, -0.2) is 0 Å². The van der Waals surface area contributed by atoms with Crippen LogP contribution in [0.5, 0.6) is 0 Å². The molecule has 0 radical (unpaired) electrons. The molecule has 0 rings (SSSR count). The van der Waals surface area contributed by atoms with E-state index in [1.165, 1.54) is 13.8 Å². The molecule has 8 heteroatoms. The van der Waals surface area contributed by atoms with Gasteiger partial charge in [0.15, 0.2) is 0 Å². The molecule has 0 aromatic rings. The van der Waals surface area contributed by atoms with E-state index in [4.69, 9.17) is 19.5 Å². The normalized spacial score (nSPS) is 19.2. The Kier molecular flexibility index (Phi) is 6.96. The van der Waals surface area contributed by atoms with Gasteiger partial charge in [-0.05, 0) is 27.7 Å². The summed E-state index contributed by atoms with van der Waals surface area (Å²) in [4.78, 5) is 0. The van der Waals surface area contributed by atoms with Crippen LogP contribution < -0.4 is 0 Å². The molecule has 0 heterocycles. The van der Waals surface area contributed by atoms with Crippen molar-refractivity contribution in [2.45, 2.75) is 39.9 Å². The molecule has 0 bridgehead atoms. The Morgan fingerprint density at radius 3 is 1.62 bits per heavy atom. The molecule has 2 N–H and O–H groups in total. The predicted molar refractivity (Wildman–Crippen MR) is 59.9 cm³/mol. The summed E-state index contributed by atoms with van der Waals surface area (Å²) in [5, 5.41) is 22.7. The van der Waals surface area contributed by atoms with E-state index in [1.54, 1.807) is 13.8 Å². The van der Waals surface area contributed by atoms with E-state index in [-0.39, 0.29) is 0 Å². The maximum atomic E-state index is 11.4. The first-order chi connectivity index (χ1) is 7.42. The van der Waals surface area contributed by atoms with Crippen LogP contribution >= 0.6 is 8.25 Å². The first kappa shape index (κ1) is 15.1. The van der Waals surface area contributed by atoms with E-state index < -0.39 is 20.5 Å². The molecule has 0 aliphatic heterocycles. The van der Waals surface area contributed by atoms with Gasteiger partial charge in [0, 0.05) is 0 Å². The molecule has 0 fully saturated rings. The molecule has 2 atom stereocenters. The summed E-state index contributed by atoms with van der Waals surface area (Å²) in [5.41, 5.74) is 0.587. The highest BCUT2D eigenvalue weighted by Gasteiger charge is 2.15. The molecule has 16 heavy (non-hydrogen) atoms. The van der Waals surface area contributed by atoms with Crippen molar-refractivity contribution in [1.29, 1.82) is 0 Å². The first-order valence-corrected chi connectivity index (χ1v) is 5.89. The van der Waals surface area contributed by atoms with Crippen LogP contribution in [0.2, 0.25) is 0 Å². The molecule has 0 aliphatic rings. The third-order valence-corrected chi connectivity index (χ3v) is 3.13. The van der Waals surface area contributed by atoms with Gasteiger partial charge < -0.3 is 19.5 Å². The minimum absolute atomic E-state index is 0.294. The summed E-state index contributed by atoms with van der Waals surface area (Å²) in [6, 6.07) is 0. The van der Waals surface area contributed by atoms with E-state index in [1.807, 2.05) is 0 Å². The van der Waals surface area contributed by atoms with Crippen molar-refractivity contribution in [2.75, 3.05) is 0 Å². The molecule has 0 aromatic heterocycles. The van der Waals surface area contributed by atoms with Crippen molar-refractivity contribution in [1.82, 2.24) is 0 Å². The maximum absolute atomic E-state index is 11.4. The maximum Gasteiger partial charge on any atom is 0.320 e. The molecule has 0 aliphatic carbocycles. The highest BCUT2D eigenvalue weighted by molar-refractivity contribution is 7.33. The number of oxime groups is 2. The number of rotatable bonds is 6. The second-order valence-corrected chi connectivity index (χ2v) is 4.22. The Morgan fingerprint density at radius 1 is 1.06 bits per heavy atom. The molecule has 2 unspecified atom stereocenters. The summed E-state index contributed by atoms with van der Waals surface area (Å²) in [5.74, 6) is 0. The number of hydrogen-bond acceptors (Lipinski definition) is 7.